The number of piperidine rings is 1. The molecule has 9 heteroatoms. The molecule has 0 unspecified atom stereocenters. The monoisotopic (exact) mass is 539 g/mol. The smallest absolute Gasteiger partial charge is 0.255 e. The summed E-state index contributed by atoms with van der Waals surface area (Å²) in [6.45, 7) is 4.25. The highest BCUT2D eigenvalue weighted by molar-refractivity contribution is 5.97. The van der Waals surface area contributed by atoms with Crippen molar-refractivity contribution in [3.05, 3.63) is 102 Å². The number of aromatic nitrogens is 2. The molecule has 0 spiro atoms. The predicted octanol–water partition coefficient (Wildman–Crippen LogP) is 4.18. The maximum absolute atomic E-state index is 13.6. The van der Waals surface area contributed by atoms with Crippen molar-refractivity contribution in [3.63, 3.8) is 0 Å². The van der Waals surface area contributed by atoms with Crippen LogP contribution >= 0.6 is 0 Å². The highest BCUT2D eigenvalue weighted by Crippen LogP contribution is 2.29. The van der Waals surface area contributed by atoms with Gasteiger partial charge in [-0.1, -0.05) is 36.4 Å². The van der Waals surface area contributed by atoms with Gasteiger partial charge in [0.05, 0.1) is 28.7 Å². The quantitative estimate of drug-likeness (QED) is 0.216. The van der Waals surface area contributed by atoms with Crippen molar-refractivity contribution in [2.45, 2.75) is 44.9 Å². The van der Waals surface area contributed by atoms with Crippen molar-refractivity contribution >= 4 is 22.7 Å². The number of hydroxylamine groups is 1. The lowest BCUT2D eigenvalue weighted by Crippen LogP contribution is -2.57. The summed E-state index contributed by atoms with van der Waals surface area (Å²) in [5.41, 5.74) is 5.04. The van der Waals surface area contributed by atoms with Crippen LogP contribution in [-0.2, 0) is 17.9 Å². The number of amides is 2. The van der Waals surface area contributed by atoms with Gasteiger partial charge in [0.15, 0.2) is 0 Å². The summed E-state index contributed by atoms with van der Waals surface area (Å²) in [6, 6.07) is 22.8. The van der Waals surface area contributed by atoms with E-state index in [1.165, 1.54) is 0 Å². The zero-order valence-electron chi connectivity index (χ0n) is 22.5. The lowest BCUT2D eigenvalue weighted by molar-refractivity contribution is -0.131. The SMILES string of the molecule is Cc1cc(COc2ccccc2C(=O)NC2(CC(=O)NO)CCN(Cc3ccccn3)CC2)c2ccccc2n1. The molecule has 0 bridgehead atoms. The summed E-state index contributed by atoms with van der Waals surface area (Å²) in [4.78, 5) is 37.2. The molecule has 206 valence electrons. The van der Waals surface area contributed by atoms with E-state index in [0.29, 0.717) is 43.8 Å². The third-order valence-corrected chi connectivity index (χ3v) is 7.37. The number of aryl methyl sites for hydroxylation is 1. The number of pyridine rings is 2. The molecular formula is C31H33N5O4. The molecule has 1 saturated heterocycles. The molecule has 0 aliphatic carbocycles. The Kier molecular flexibility index (Phi) is 8.33. The summed E-state index contributed by atoms with van der Waals surface area (Å²) >= 11 is 0. The van der Waals surface area contributed by atoms with E-state index in [2.05, 4.69) is 20.2 Å². The Bertz CT molecular complexity index is 1490. The number of hydrogen-bond donors (Lipinski definition) is 3. The van der Waals surface area contributed by atoms with Crippen LogP contribution in [-0.4, -0.2) is 50.5 Å². The minimum atomic E-state index is -0.809. The molecule has 0 atom stereocenters. The summed E-state index contributed by atoms with van der Waals surface area (Å²) in [7, 11) is 0. The zero-order chi connectivity index (χ0) is 28.0. The fourth-order valence-electron chi connectivity index (χ4n) is 5.31. The van der Waals surface area contributed by atoms with E-state index < -0.39 is 11.4 Å². The number of carbonyl (C=O) groups excluding carboxylic acids is 2. The van der Waals surface area contributed by atoms with Crippen LogP contribution in [0.3, 0.4) is 0 Å². The number of likely N-dealkylation sites (tertiary alicyclic amines) is 1. The number of carbonyl (C=O) groups is 2. The Hall–Kier alpha value is -4.34. The van der Waals surface area contributed by atoms with Gasteiger partial charge >= 0.3 is 0 Å². The zero-order valence-corrected chi connectivity index (χ0v) is 22.5. The Morgan fingerprint density at radius 1 is 1.02 bits per heavy atom. The molecule has 0 radical (unpaired) electrons. The maximum atomic E-state index is 13.6. The van der Waals surface area contributed by atoms with Crippen LogP contribution < -0.4 is 15.5 Å². The number of nitrogens with one attached hydrogen (secondary N) is 2. The van der Waals surface area contributed by atoms with Crippen LogP contribution in [0.1, 0.15) is 46.6 Å². The maximum Gasteiger partial charge on any atom is 0.255 e. The number of rotatable bonds is 9. The standard InChI is InChI=1S/C31H33N5O4/c1-22-18-23(25-9-2-4-11-27(25)33-22)21-40-28-12-5-3-10-26(28)30(38)34-31(19-29(37)35-39)13-16-36(17-14-31)20-24-8-6-7-15-32-24/h2-12,15,18,39H,13-14,16-17,19-21H2,1H3,(H,34,38)(H,35,37). The Morgan fingerprint density at radius 2 is 1.77 bits per heavy atom. The van der Waals surface area contributed by atoms with Crippen LogP contribution in [0.4, 0.5) is 0 Å². The van der Waals surface area contributed by atoms with Crippen molar-refractivity contribution in [3.8, 4) is 5.75 Å². The van der Waals surface area contributed by atoms with E-state index in [0.717, 1.165) is 27.9 Å². The van der Waals surface area contributed by atoms with Crippen LogP contribution in [0.25, 0.3) is 10.9 Å². The average Bonchev–Trinajstić information content (AvgIpc) is 2.97. The van der Waals surface area contributed by atoms with Crippen LogP contribution in [0.15, 0.2) is 79.0 Å². The largest absolute Gasteiger partial charge is 0.488 e. The van der Waals surface area contributed by atoms with Crippen LogP contribution in [0.2, 0.25) is 0 Å². The second kappa shape index (κ2) is 12.2. The van der Waals surface area contributed by atoms with Crippen molar-refractivity contribution in [2.75, 3.05) is 13.1 Å². The van der Waals surface area contributed by atoms with E-state index in [1.807, 2.05) is 61.5 Å². The minimum Gasteiger partial charge on any atom is -0.488 e. The fourth-order valence-corrected chi connectivity index (χ4v) is 5.31. The average molecular weight is 540 g/mol. The first kappa shape index (κ1) is 27.2. The highest BCUT2D eigenvalue weighted by atomic mass is 16.5. The number of nitrogens with zero attached hydrogens (tertiary/aromatic N) is 3. The Balaban J connectivity index is 1.31. The first-order valence-electron chi connectivity index (χ1n) is 13.4. The fraction of sp³-hybridized carbons (Fsp3) is 0.290. The van der Waals surface area contributed by atoms with E-state index in [9.17, 15) is 14.8 Å². The Labute approximate surface area is 233 Å². The molecule has 1 fully saturated rings. The van der Waals surface area contributed by atoms with Gasteiger partial charge in [-0.25, -0.2) is 5.48 Å². The van der Waals surface area contributed by atoms with Gasteiger partial charge in [-0.05, 0) is 56.2 Å². The molecule has 9 nitrogen and oxygen atoms in total. The van der Waals surface area contributed by atoms with Gasteiger partial charge in [-0.3, -0.25) is 29.7 Å². The summed E-state index contributed by atoms with van der Waals surface area (Å²) in [5, 5.41) is 13.4. The van der Waals surface area contributed by atoms with Gasteiger partial charge in [-0.15, -0.1) is 0 Å². The molecule has 1 aliphatic heterocycles. The Morgan fingerprint density at radius 3 is 2.55 bits per heavy atom. The van der Waals surface area contributed by atoms with E-state index >= 15 is 0 Å². The second-order valence-corrected chi connectivity index (χ2v) is 10.3. The van der Waals surface area contributed by atoms with Gasteiger partial charge in [0.1, 0.15) is 12.4 Å². The third kappa shape index (κ3) is 6.44. The molecule has 3 heterocycles. The molecule has 5 rings (SSSR count). The number of ether oxygens (including phenoxy) is 1. The van der Waals surface area contributed by atoms with Crippen LogP contribution in [0, 0.1) is 6.92 Å². The first-order chi connectivity index (χ1) is 19.4. The van der Waals surface area contributed by atoms with Gasteiger partial charge in [0, 0.05) is 42.5 Å². The van der Waals surface area contributed by atoms with Crippen molar-refractivity contribution in [1.82, 2.24) is 25.7 Å². The number of para-hydroxylation sites is 2. The number of benzene rings is 2. The van der Waals surface area contributed by atoms with E-state index in [-0.39, 0.29) is 18.9 Å². The van der Waals surface area contributed by atoms with Gasteiger partial charge in [-0.2, -0.15) is 0 Å². The molecule has 40 heavy (non-hydrogen) atoms. The van der Waals surface area contributed by atoms with E-state index in [1.54, 1.807) is 29.9 Å². The molecule has 0 saturated carbocycles. The minimum absolute atomic E-state index is 0.0298. The van der Waals surface area contributed by atoms with Gasteiger partial charge in [0.2, 0.25) is 5.91 Å². The predicted molar refractivity (Wildman–Crippen MR) is 151 cm³/mol. The van der Waals surface area contributed by atoms with Gasteiger partial charge < -0.3 is 10.1 Å². The normalized spacial score (nSPS) is 14.9. The molecule has 2 aromatic carbocycles. The molecule has 2 amide bonds. The van der Waals surface area contributed by atoms with Gasteiger partial charge in [0.25, 0.3) is 5.91 Å². The molecule has 3 N–H and O–H groups in total. The molecule has 4 aromatic rings. The lowest BCUT2D eigenvalue weighted by atomic mass is 9.83. The third-order valence-electron chi connectivity index (χ3n) is 7.37. The summed E-state index contributed by atoms with van der Waals surface area (Å²) < 4.78 is 6.19. The lowest BCUT2D eigenvalue weighted by Gasteiger charge is -2.42. The van der Waals surface area contributed by atoms with Crippen molar-refractivity contribution < 1.29 is 19.5 Å². The van der Waals surface area contributed by atoms with Crippen molar-refractivity contribution in [2.24, 2.45) is 0 Å². The number of fused-ring (bicyclic) bond motifs is 1. The molecule has 2 aromatic heterocycles. The van der Waals surface area contributed by atoms with Crippen LogP contribution in [0.5, 0.6) is 5.75 Å². The second-order valence-electron chi connectivity index (χ2n) is 10.3. The van der Waals surface area contributed by atoms with E-state index in [4.69, 9.17) is 4.74 Å². The summed E-state index contributed by atoms with van der Waals surface area (Å²) in [6.07, 6.45) is 2.83. The number of hydrogen-bond acceptors (Lipinski definition) is 7. The molecular weight excluding hydrogens is 506 g/mol. The first-order valence-corrected chi connectivity index (χ1v) is 13.4. The summed E-state index contributed by atoms with van der Waals surface area (Å²) in [5.74, 6) is -0.411. The molecule has 1 aliphatic rings. The van der Waals surface area contributed by atoms with Crippen molar-refractivity contribution in [1.29, 1.82) is 0 Å². The topological polar surface area (TPSA) is 117 Å². The highest BCUT2D eigenvalue weighted by Gasteiger charge is 2.38.